The van der Waals surface area contributed by atoms with Crippen molar-refractivity contribution in [2.75, 3.05) is 16.3 Å². The van der Waals surface area contributed by atoms with E-state index in [4.69, 9.17) is 27.6 Å². The molecular formula is C12H12Cl2N2O3S. The summed E-state index contributed by atoms with van der Waals surface area (Å²) in [6.07, 6.45) is 1.08. The standard InChI is InChI=1S/C12H12Cl2N2O3S/c1-20(17,18)16-8-2-4-10(13)11(6-8)15-7-9-3-5-12(14)19-9/h2-6,15-16H,7H2,1H3. The quantitative estimate of drug-likeness (QED) is 0.876. The third kappa shape index (κ3) is 4.33. The summed E-state index contributed by atoms with van der Waals surface area (Å²) in [6, 6.07) is 8.17. The molecule has 1 heterocycles. The molecule has 1 aromatic heterocycles. The Morgan fingerprint density at radius 2 is 1.95 bits per heavy atom. The maximum Gasteiger partial charge on any atom is 0.229 e. The van der Waals surface area contributed by atoms with Crippen LogP contribution in [0.2, 0.25) is 10.2 Å². The van der Waals surface area contributed by atoms with E-state index in [-0.39, 0.29) is 0 Å². The highest BCUT2D eigenvalue weighted by Gasteiger charge is 2.07. The largest absolute Gasteiger partial charge is 0.448 e. The fourth-order valence-electron chi connectivity index (χ4n) is 1.57. The first-order valence-electron chi connectivity index (χ1n) is 5.59. The van der Waals surface area contributed by atoms with E-state index in [0.29, 0.717) is 33.9 Å². The lowest BCUT2D eigenvalue weighted by Crippen LogP contribution is -2.10. The summed E-state index contributed by atoms with van der Waals surface area (Å²) < 4.78 is 30.0. The van der Waals surface area contributed by atoms with Crippen molar-refractivity contribution < 1.29 is 12.8 Å². The van der Waals surface area contributed by atoms with Gasteiger partial charge in [0.1, 0.15) is 5.76 Å². The Bertz CT molecular complexity index is 713. The van der Waals surface area contributed by atoms with Gasteiger partial charge in [-0.05, 0) is 41.9 Å². The second-order valence-corrected chi connectivity index (χ2v) is 6.66. The van der Waals surface area contributed by atoms with E-state index >= 15 is 0 Å². The number of halogens is 2. The topological polar surface area (TPSA) is 71.3 Å². The van der Waals surface area contributed by atoms with Gasteiger partial charge < -0.3 is 9.73 Å². The highest BCUT2D eigenvalue weighted by molar-refractivity contribution is 7.92. The summed E-state index contributed by atoms with van der Waals surface area (Å²) in [5.41, 5.74) is 1.02. The summed E-state index contributed by atoms with van der Waals surface area (Å²) in [6.45, 7) is 0.384. The van der Waals surface area contributed by atoms with Gasteiger partial charge >= 0.3 is 0 Å². The average Bonchev–Trinajstić information content (AvgIpc) is 2.74. The predicted molar refractivity (Wildman–Crippen MR) is 81.0 cm³/mol. The molecule has 0 aliphatic heterocycles. The summed E-state index contributed by atoms with van der Waals surface area (Å²) in [5, 5.41) is 3.83. The molecule has 2 rings (SSSR count). The van der Waals surface area contributed by atoms with Gasteiger partial charge in [-0.2, -0.15) is 0 Å². The van der Waals surface area contributed by atoms with E-state index in [9.17, 15) is 8.42 Å². The van der Waals surface area contributed by atoms with Crippen LogP contribution >= 0.6 is 23.2 Å². The second kappa shape index (κ2) is 5.95. The molecule has 0 amide bonds. The fraction of sp³-hybridized carbons (Fsp3) is 0.167. The predicted octanol–water partition coefficient (Wildman–Crippen LogP) is 3.57. The highest BCUT2D eigenvalue weighted by atomic mass is 35.5. The van der Waals surface area contributed by atoms with Crippen molar-refractivity contribution in [1.82, 2.24) is 0 Å². The molecule has 108 valence electrons. The highest BCUT2D eigenvalue weighted by Crippen LogP contribution is 2.26. The Morgan fingerprint density at radius 1 is 1.20 bits per heavy atom. The van der Waals surface area contributed by atoms with Crippen LogP contribution in [0.4, 0.5) is 11.4 Å². The zero-order valence-corrected chi connectivity index (χ0v) is 12.8. The van der Waals surface area contributed by atoms with Crippen LogP contribution in [0.1, 0.15) is 5.76 Å². The van der Waals surface area contributed by atoms with E-state index in [1.807, 2.05) is 0 Å². The minimum atomic E-state index is -3.33. The lowest BCUT2D eigenvalue weighted by atomic mass is 10.3. The molecule has 8 heteroatoms. The molecule has 0 spiro atoms. The van der Waals surface area contributed by atoms with Crippen molar-refractivity contribution >= 4 is 44.6 Å². The van der Waals surface area contributed by atoms with E-state index in [1.54, 1.807) is 30.3 Å². The minimum absolute atomic E-state index is 0.306. The summed E-state index contributed by atoms with van der Waals surface area (Å²) in [5.74, 6) is 0.646. The van der Waals surface area contributed by atoms with Crippen LogP contribution in [0, 0.1) is 0 Å². The van der Waals surface area contributed by atoms with Crippen LogP contribution in [-0.2, 0) is 16.6 Å². The third-order valence-corrected chi connectivity index (χ3v) is 3.49. The monoisotopic (exact) mass is 334 g/mol. The van der Waals surface area contributed by atoms with Gasteiger partial charge in [-0.1, -0.05) is 11.6 Å². The van der Waals surface area contributed by atoms with E-state index in [2.05, 4.69) is 10.0 Å². The van der Waals surface area contributed by atoms with E-state index < -0.39 is 10.0 Å². The average molecular weight is 335 g/mol. The van der Waals surface area contributed by atoms with Crippen LogP contribution in [-0.4, -0.2) is 14.7 Å². The maximum absolute atomic E-state index is 11.2. The molecule has 0 saturated heterocycles. The Hall–Kier alpha value is -1.37. The molecular weight excluding hydrogens is 323 g/mol. The van der Waals surface area contributed by atoms with Gasteiger partial charge in [0.15, 0.2) is 5.22 Å². The van der Waals surface area contributed by atoms with Gasteiger partial charge in [0, 0.05) is 0 Å². The Morgan fingerprint density at radius 3 is 2.55 bits per heavy atom. The smallest absolute Gasteiger partial charge is 0.229 e. The molecule has 0 atom stereocenters. The molecule has 0 saturated carbocycles. The maximum atomic E-state index is 11.2. The number of hydrogen-bond acceptors (Lipinski definition) is 4. The Balaban J connectivity index is 2.12. The van der Waals surface area contributed by atoms with Crippen molar-refractivity contribution in [3.05, 3.63) is 46.3 Å². The number of rotatable bonds is 5. The SMILES string of the molecule is CS(=O)(=O)Nc1ccc(Cl)c(NCc2ccc(Cl)o2)c1. The number of sulfonamides is 1. The number of nitrogens with one attached hydrogen (secondary N) is 2. The first kappa shape index (κ1) is 15.0. The molecule has 2 aromatic rings. The van der Waals surface area contributed by atoms with Gasteiger partial charge in [0.25, 0.3) is 0 Å². The molecule has 0 aliphatic carbocycles. The second-order valence-electron chi connectivity index (χ2n) is 4.13. The summed E-state index contributed by atoms with van der Waals surface area (Å²) in [7, 11) is -3.33. The third-order valence-electron chi connectivity index (χ3n) is 2.35. The first-order chi connectivity index (χ1) is 9.33. The Kier molecular flexibility index (Phi) is 4.47. The van der Waals surface area contributed by atoms with Crippen LogP contribution in [0.15, 0.2) is 34.7 Å². The van der Waals surface area contributed by atoms with Crippen molar-refractivity contribution in [3.63, 3.8) is 0 Å². The lowest BCUT2D eigenvalue weighted by molar-refractivity contribution is 0.520. The molecule has 0 radical (unpaired) electrons. The van der Waals surface area contributed by atoms with Gasteiger partial charge in [0.05, 0.1) is 29.2 Å². The molecule has 2 N–H and O–H groups in total. The van der Waals surface area contributed by atoms with Crippen molar-refractivity contribution in [2.24, 2.45) is 0 Å². The molecule has 0 fully saturated rings. The van der Waals surface area contributed by atoms with Crippen LogP contribution in [0.3, 0.4) is 0 Å². The van der Waals surface area contributed by atoms with Gasteiger partial charge in [-0.15, -0.1) is 0 Å². The van der Waals surface area contributed by atoms with Gasteiger partial charge in [-0.25, -0.2) is 8.42 Å². The molecule has 1 aromatic carbocycles. The lowest BCUT2D eigenvalue weighted by Gasteiger charge is -2.10. The van der Waals surface area contributed by atoms with E-state index in [0.717, 1.165) is 6.26 Å². The summed E-state index contributed by atoms with van der Waals surface area (Å²) >= 11 is 11.7. The zero-order valence-electron chi connectivity index (χ0n) is 10.5. The zero-order chi connectivity index (χ0) is 14.8. The van der Waals surface area contributed by atoms with Crippen LogP contribution in [0.25, 0.3) is 0 Å². The van der Waals surface area contributed by atoms with Gasteiger partial charge in [-0.3, -0.25) is 4.72 Å². The number of anilines is 2. The van der Waals surface area contributed by atoms with Crippen LogP contribution in [0.5, 0.6) is 0 Å². The molecule has 0 bridgehead atoms. The molecule has 20 heavy (non-hydrogen) atoms. The van der Waals surface area contributed by atoms with Crippen LogP contribution < -0.4 is 10.0 Å². The number of hydrogen-bond donors (Lipinski definition) is 2. The normalized spacial score (nSPS) is 11.3. The van der Waals surface area contributed by atoms with Gasteiger partial charge in [0.2, 0.25) is 10.0 Å². The Labute approximate surface area is 126 Å². The fourth-order valence-corrected chi connectivity index (χ4v) is 2.47. The molecule has 5 nitrogen and oxygen atoms in total. The molecule has 0 unspecified atom stereocenters. The van der Waals surface area contributed by atoms with Crippen molar-refractivity contribution in [2.45, 2.75) is 6.54 Å². The number of benzene rings is 1. The first-order valence-corrected chi connectivity index (χ1v) is 8.24. The van der Waals surface area contributed by atoms with E-state index in [1.165, 1.54) is 0 Å². The summed E-state index contributed by atoms with van der Waals surface area (Å²) in [4.78, 5) is 0. The minimum Gasteiger partial charge on any atom is -0.448 e. The van der Waals surface area contributed by atoms with Crippen molar-refractivity contribution in [3.8, 4) is 0 Å². The van der Waals surface area contributed by atoms with Crippen molar-refractivity contribution in [1.29, 1.82) is 0 Å². The number of furan rings is 1. The molecule has 0 aliphatic rings.